The predicted octanol–water partition coefficient (Wildman–Crippen LogP) is 2.91. The number of nitrogens with zero attached hydrogens (tertiary/aromatic N) is 2. The Bertz CT molecular complexity index is 951. The lowest BCUT2D eigenvalue weighted by Crippen LogP contribution is -2.28. The molecule has 168 valence electrons. The van der Waals surface area contributed by atoms with E-state index < -0.39 is 5.97 Å². The van der Waals surface area contributed by atoms with E-state index in [9.17, 15) is 9.59 Å². The summed E-state index contributed by atoms with van der Waals surface area (Å²) in [6, 6.07) is 9.19. The zero-order valence-electron chi connectivity index (χ0n) is 18.8. The van der Waals surface area contributed by atoms with E-state index in [1.165, 1.54) is 18.1 Å². The number of carboxylic acid groups (broad SMARTS) is 1. The van der Waals surface area contributed by atoms with Crippen molar-refractivity contribution in [1.29, 1.82) is 0 Å². The molecule has 0 saturated heterocycles. The Morgan fingerprint density at radius 1 is 1.26 bits per heavy atom. The average molecular weight is 430 g/mol. The number of benzene rings is 1. The number of pyridine rings is 1. The third-order valence-corrected chi connectivity index (χ3v) is 4.09. The minimum Gasteiger partial charge on any atom is -0.493 e. The number of rotatable bonds is 5. The summed E-state index contributed by atoms with van der Waals surface area (Å²) in [6.07, 6.45) is 2.80. The number of hydrogen-bond acceptors (Lipinski definition) is 7. The van der Waals surface area contributed by atoms with Crippen molar-refractivity contribution in [3.05, 3.63) is 59.7 Å². The second-order valence-corrected chi connectivity index (χ2v) is 7.78. The van der Waals surface area contributed by atoms with Crippen molar-refractivity contribution in [3.63, 3.8) is 0 Å². The zero-order valence-corrected chi connectivity index (χ0v) is 18.8. The third-order valence-electron chi connectivity index (χ3n) is 4.09. The summed E-state index contributed by atoms with van der Waals surface area (Å²) in [5.41, 5.74) is 8.11. The molecule has 0 aliphatic heterocycles. The van der Waals surface area contributed by atoms with Crippen LogP contribution in [-0.2, 0) is 15.0 Å². The van der Waals surface area contributed by atoms with Gasteiger partial charge in [0.1, 0.15) is 5.70 Å². The van der Waals surface area contributed by atoms with E-state index in [2.05, 4.69) is 31.1 Å². The summed E-state index contributed by atoms with van der Waals surface area (Å²) in [6.45, 7) is 9.55. The maximum atomic E-state index is 11.1. The number of carboxylic acids is 1. The van der Waals surface area contributed by atoms with Gasteiger partial charge in [-0.25, -0.2) is 10.6 Å². The van der Waals surface area contributed by atoms with Gasteiger partial charge in [-0.2, -0.15) is 0 Å². The van der Waals surface area contributed by atoms with Gasteiger partial charge in [0.05, 0.1) is 30.9 Å². The third kappa shape index (κ3) is 7.98. The van der Waals surface area contributed by atoms with Gasteiger partial charge in [0.25, 0.3) is 0 Å². The molecule has 0 aliphatic rings. The lowest BCUT2D eigenvalue weighted by atomic mass is 9.91. The topological polar surface area (TPSA) is 144 Å². The summed E-state index contributed by atoms with van der Waals surface area (Å²) < 4.78 is 5.14. The van der Waals surface area contributed by atoms with E-state index in [0.29, 0.717) is 17.1 Å². The minimum atomic E-state index is -1.20. The fourth-order valence-corrected chi connectivity index (χ4v) is 2.43. The van der Waals surface area contributed by atoms with Gasteiger partial charge in [0.2, 0.25) is 5.91 Å². The standard InChI is InChI=1S/C12H18N2O2.C10H13N3O2/c1-8(15)14-9-6-11(12(2,3)4)13-7-10(9)16-5;1-7-4-2-3-5-9(7)13(12)6-8(11)10(14)15/h6-7H,1-5H3,(H,13,14,15);2-6H,11-12H2,1H3,(H,14,15)/b;8-6-. The molecule has 2 aromatic rings. The van der Waals surface area contributed by atoms with Crippen molar-refractivity contribution >= 4 is 23.3 Å². The molecule has 0 radical (unpaired) electrons. The average Bonchev–Trinajstić information content (AvgIpc) is 2.67. The van der Waals surface area contributed by atoms with Crippen molar-refractivity contribution in [1.82, 2.24) is 4.98 Å². The molecule has 1 heterocycles. The van der Waals surface area contributed by atoms with Crippen molar-refractivity contribution in [3.8, 4) is 5.75 Å². The minimum absolute atomic E-state index is 0.0561. The number of carbonyl (C=O) groups is 2. The molecule has 1 amide bonds. The number of nitrogens with two attached hydrogens (primary N) is 2. The van der Waals surface area contributed by atoms with Gasteiger partial charge in [0.15, 0.2) is 5.75 Å². The van der Waals surface area contributed by atoms with Crippen LogP contribution in [0.2, 0.25) is 0 Å². The fourth-order valence-electron chi connectivity index (χ4n) is 2.43. The quantitative estimate of drug-likeness (QED) is 0.323. The molecule has 1 aromatic heterocycles. The Morgan fingerprint density at radius 3 is 2.35 bits per heavy atom. The molecule has 0 atom stereocenters. The maximum Gasteiger partial charge on any atom is 0.353 e. The van der Waals surface area contributed by atoms with Crippen molar-refractivity contribution in [2.45, 2.75) is 40.0 Å². The Kier molecular flexibility index (Phi) is 9.01. The number of nitrogens with one attached hydrogen (secondary N) is 1. The first-order valence-electron chi connectivity index (χ1n) is 9.49. The number of aryl methyl sites for hydroxylation is 1. The van der Waals surface area contributed by atoms with Crippen LogP contribution in [0, 0.1) is 6.92 Å². The van der Waals surface area contributed by atoms with Gasteiger partial charge in [0, 0.05) is 18.0 Å². The number of para-hydroxylation sites is 1. The van der Waals surface area contributed by atoms with Gasteiger partial charge in [-0.3, -0.25) is 14.8 Å². The molecule has 0 fully saturated rings. The molecule has 31 heavy (non-hydrogen) atoms. The van der Waals surface area contributed by atoms with Gasteiger partial charge < -0.3 is 20.9 Å². The highest BCUT2D eigenvalue weighted by Gasteiger charge is 2.18. The molecule has 0 aliphatic carbocycles. The number of carbonyl (C=O) groups excluding carboxylic acids is 1. The van der Waals surface area contributed by atoms with Crippen LogP contribution in [0.3, 0.4) is 0 Å². The van der Waals surface area contributed by atoms with E-state index in [4.69, 9.17) is 21.4 Å². The second kappa shape index (κ2) is 11.0. The first kappa shape index (κ1) is 25.4. The van der Waals surface area contributed by atoms with Crippen LogP contribution in [0.1, 0.15) is 39.0 Å². The Morgan fingerprint density at radius 2 is 1.87 bits per heavy atom. The summed E-state index contributed by atoms with van der Waals surface area (Å²) in [7, 11) is 1.55. The summed E-state index contributed by atoms with van der Waals surface area (Å²) in [5.74, 6) is 4.90. The fraction of sp³-hybridized carbons (Fsp3) is 0.318. The number of anilines is 2. The SMILES string of the molecule is COc1cnc(C(C)(C)C)cc1NC(C)=O.Cc1ccccc1N(N)/C=C(\N)C(=O)O. The van der Waals surface area contributed by atoms with E-state index in [-0.39, 0.29) is 17.0 Å². The first-order valence-corrected chi connectivity index (χ1v) is 9.49. The zero-order chi connectivity index (χ0) is 23.8. The smallest absolute Gasteiger partial charge is 0.353 e. The number of aromatic nitrogens is 1. The monoisotopic (exact) mass is 429 g/mol. The van der Waals surface area contributed by atoms with Crippen LogP contribution in [0.4, 0.5) is 11.4 Å². The molecule has 0 unspecified atom stereocenters. The number of ether oxygens (including phenoxy) is 1. The van der Waals surface area contributed by atoms with Crippen molar-refractivity contribution in [2.24, 2.45) is 11.6 Å². The van der Waals surface area contributed by atoms with E-state index in [1.54, 1.807) is 19.4 Å². The number of aliphatic carboxylic acids is 1. The predicted molar refractivity (Wildman–Crippen MR) is 122 cm³/mol. The summed E-state index contributed by atoms with van der Waals surface area (Å²) >= 11 is 0. The molecule has 6 N–H and O–H groups in total. The Labute approximate surface area is 182 Å². The van der Waals surface area contributed by atoms with E-state index in [1.807, 2.05) is 31.2 Å². The van der Waals surface area contributed by atoms with E-state index >= 15 is 0 Å². The van der Waals surface area contributed by atoms with Crippen molar-refractivity contribution in [2.75, 3.05) is 17.4 Å². The summed E-state index contributed by atoms with van der Waals surface area (Å²) in [4.78, 5) is 25.8. The normalized spacial score (nSPS) is 11.1. The first-order chi connectivity index (χ1) is 14.4. The molecular formula is C22H31N5O4. The van der Waals surface area contributed by atoms with Gasteiger partial charge in [-0.15, -0.1) is 0 Å². The van der Waals surface area contributed by atoms with Crippen LogP contribution in [0.15, 0.2) is 48.4 Å². The molecule has 9 nitrogen and oxygen atoms in total. The molecule has 9 heteroatoms. The highest BCUT2D eigenvalue weighted by Crippen LogP contribution is 2.29. The van der Waals surface area contributed by atoms with Gasteiger partial charge in [-0.1, -0.05) is 39.0 Å². The Balaban J connectivity index is 0.000000311. The largest absolute Gasteiger partial charge is 0.493 e. The van der Waals surface area contributed by atoms with Gasteiger partial charge >= 0.3 is 5.97 Å². The Hall–Kier alpha value is -3.59. The molecule has 0 spiro atoms. The molecule has 0 bridgehead atoms. The molecule has 2 rings (SSSR count). The van der Waals surface area contributed by atoms with Crippen LogP contribution < -0.4 is 26.6 Å². The number of hydrogen-bond donors (Lipinski definition) is 4. The van der Waals surface area contributed by atoms with Crippen molar-refractivity contribution < 1.29 is 19.4 Å². The molecule has 1 aromatic carbocycles. The second-order valence-electron chi connectivity index (χ2n) is 7.78. The van der Waals surface area contributed by atoms with Gasteiger partial charge in [-0.05, 0) is 24.6 Å². The van der Waals surface area contributed by atoms with Crippen LogP contribution in [0.5, 0.6) is 5.75 Å². The van der Waals surface area contributed by atoms with E-state index in [0.717, 1.165) is 11.3 Å². The summed E-state index contributed by atoms with van der Waals surface area (Å²) in [5, 5.41) is 12.5. The van der Waals surface area contributed by atoms with Crippen LogP contribution >= 0.6 is 0 Å². The highest BCUT2D eigenvalue weighted by molar-refractivity contribution is 5.90. The number of hydrazine groups is 1. The number of amides is 1. The lowest BCUT2D eigenvalue weighted by molar-refractivity contribution is -0.132. The number of methoxy groups -OCH3 is 1. The maximum absolute atomic E-state index is 11.1. The lowest BCUT2D eigenvalue weighted by Gasteiger charge is -2.19. The highest BCUT2D eigenvalue weighted by atomic mass is 16.5. The van der Waals surface area contributed by atoms with Crippen LogP contribution in [-0.4, -0.2) is 29.1 Å². The molecular weight excluding hydrogens is 398 g/mol. The molecule has 0 saturated carbocycles. The van der Waals surface area contributed by atoms with Crippen LogP contribution in [0.25, 0.3) is 0 Å².